The maximum absolute atomic E-state index is 6.01. The van der Waals surface area contributed by atoms with Crippen LogP contribution in [0.1, 0.15) is 5.56 Å². The van der Waals surface area contributed by atoms with Crippen LogP contribution < -0.4 is 0 Å². The molecule has 0 bridgehead atoms. The zero-order valence-electron chi connectivity index (χ0n) is 8.87. The Labute approximate surface area is 109 Å². The Morgan fingerprint density at radius 1 is 1.19 bits per heavy atom. The van der Waals surface area contributed by atoms with Crippen molar-refractivity contribution in [2.24, 2.45) is 0 Å². The lowest BCUT2D eigenvalue weighted by molar-refractivity contribution is 0.611. The van der Waals surface area contributed by atoms with Gasteiger partial charge in [-0.1, -0.05) is 46.2 Å². The summed E-state index contributed by atoms with van der Waals surface area (Å²) in [5.41, 5.74) is 3.07. The molecule has 1 aliphatic heterocycles. The van der Waals surface area contributed by atoms with Crippen molar-refractivity contribution < 1.29 is 0 Å². The maximum atomic E-state index is 6.01. The summed E-state index contributed by atoms with van der Waals surface area (Å²) in [6.45, 7) is 3.95. The van der Waals surface area contributed by atoms with E-state index in [4.69, 9.17) is 11.6 Å². The Kier molecular flexibility index (Phi) is 3.22. The van der Waals surface area contributed by atoms with E-state index >= 15 is 0 Å². The average molecular weight is 297 g/mol. The summed E-state index contributed by atoms with van der Waals surface area (Å²) in [7, 11) is 1.96. The van der Waals surface area contributed by atoms with Crippen LogP contribution in [-0.2, 0) is 0 Å². The standard InChI is InChI=1S/C13H11BrClN/c1-9-12(15)7-8-13(16(9)2)10-3-5-11(14)6-4-10/h3-8H,1H2,2H3. The molecule has 82 valence electrons. The first-order valence-electron chi connectivity index (χ1n) is 4.86. The highest BCUT2D eigenvalue weighted by atomic mass is 79.9. The summed E-state index contributed by atoms with van der Waals surface area (Å²) in [6, 6.07) is 8.17. The number of hydrogen-bond acceptors (Lipinski definition) is 1. The Bertz CT molecular complexity index is 485. The molecule has 0 saturated carbocycles. The Morgan fingerprint density at radius 3 is 2.44 bits per heavy atom. The lowest BCUT2D eigenvalue weighted by Gasteiger charge is -2.27. The van der Waals surface area contributed by atoms with Crippen molar-refractivity contribution in [3.05, 3.63) is 63.8 Å². The van der Waals surface area contributed by atoms with Crippen LogP contribution in [0.5, 0.6) is 0 Å². The highest BCUT2D eigenvalue weighted by molar-refractivity contribution is 9.10. The van der Waals surface area contributed by atoms with Gasteiger partial charge in [-0.05, 0) is 29.8 Å². The number of benzene rings is 1. The summed E-state index contributed by atoms with van der Waals surface area (Å²) in [5, 5.41) is 0.684. The first-order chi connectivity index (χ1) is 7.59. The van der Waals surface area contributed by atoms with Crippen LogP contribution in [0.15, 0.2) is 58.2 Å². The number of likely N-dealkylation sites (N-methyl/N-ethyl adjacent to an activating group) is 1. The summed E-state index contributed by atoms with van der Waals surface area (Å²) < 4.78 is 1.07. The number of halogens is 2. The van der Waals surface area contributed by atoms with Crippen LogP contribution in [0.2, 0.25) is 0 Å². The molecule has 0 N–H and O–H groups in total. The van der Waals surface area contributed by atoms with E-state index in [-0.39, 0.29) is 0 Å². The first-order valence-corrected chi connectivity index (χ1v) is 6.03. The molecule has 0 amide bonds. The molecule has 0 aliphatic carbocycles. The molecular weight excluding hydrogens is 286 g/mol. The van der Waals surface area contributed by atoms with Gasteiger partial charge in [-0.2, -0.15) is 0 Å². The molecule has 1 heterocycles. The molecular formula is C13H11BrClN. The quantitative estimate of drug-likeness (QED) is 0.744. The minimum Gasteiger partial charge on any atom is -0.343 e. The molecule has 1 aliphatic rings. The fourth-order valence-corrected chi connectivity index (χ4v) is 2.03. The van der Waals surface area contributed by atoms with E-state index in [1.165, 1.54) is 0 Å². The fourth-order valence-electron chi connectivity index (χ4n) is 1.58. The zero-order chi connectivity index (χ0) is 11.7. The van der Waals surface area contributed by atoms with Crippen LogP contribution in [0.25, 0.3) is 5.70 Å². The lowest BCUT2D eigenvalue weighted by atomic mass is 10.1. The molecule has 16 heavy (non-hydrogen) atoms. The average Bonchev–Trinajstić information content (AvgIpc) is 2.28. The molecule has 0 fully saturated rings. The largest absolute Gasteiger partial charge is 0.343 e. The van der Waals surface area contributed by atoms with E-state index in [2.05, 4.69) is 34.6 Å². The molecule has 0 spiro atoms. The van der Waals surface area contributed by atoms with Crippen molar-refractivity contribution >= 4 is 33.2 Å². The van der Waals surface area contributed by atoms with Gasteiger partial charge in [-0.25, -0.2) is 0 Å². The third-order valence-electron chi connectivity index (χ3n) is 2.57. The summed E-state index contributed by atoms with van der Waals surface area (Å²) >= 11 is 9.43. The summed E-state index contributed by atoms with van der Waals surface area (Å²) in [6.07, 6.45) is 3.88. The van der Waals surface area contributed by atoms with Gasteiger partial charge in [0.1, 0.15) is 0 Å². The molecule has 2 rings (SSSR count). The van der Waals surface area contributed by atoms with Gasteiger partial charge >= 0.3 is 0 Å². The monoisotopic (exact) mass is 295 g/mol. The van der Waals surface area contributed by atoms with Gasteiger partial charge in [-0.3, -0.25) is 0 Å². The van der Waals surface area contributed by atoms with Gasteiger partial charge in [0.05, 0.1) is 10.7 Å². The minimum absolute atomic E-state index is 0.684. The molecule has 0 saturated heterocycles. The van der Waals surface area contributed by atoms with E-state index in [9.17, 15) is 0 Å². The van der Waals surface area contributed by atoms with Crippen LogP contribution >= 0.6 is 27.5 Å². The van der Waals surface area contributed by atoms with E-state index in [0.717, 1.165) is 21.4 Å². The zero-order valence-corrected chi connectivity index (χ0v) is 11.2. The maximum Gasteiger partial charge on any atom is 0.0637 e. The normalized spacial score (nSPS) is 15.9. The molecule has 0 unspecified atom stereocenters. The van der Waals surface area contributed by atoms with Crippen LogP contribution in [0.3, 0.4) is 0 Å². The minimum atomic E-state index is 0.684. The number of hydrogen-bond donors (Lipinski definition) is 0. The summed E-state index contributed by atoms with van der Waals surface area (Å²) in [4.78, 5) is 1.99. The molecule has 1 nitrogen and oxygen atoms in total. The van der Waals surface area contributed by atoms with Crippen molar-refractivity contribution in [2.75, 3.05) is 7.05 Å². The molecule has 1 aromatic carbocycles. The Hall–Kier alpha value is -0.990. The smallest absolute Gasteiger partial charge is 0.0637 e. The van der Waals surface area contributed by atoms with E-state index in [1.807, 2.05) is 36.2 Å². The molecule has 1 aromatic rings. The van der Waals surface area contributed by atoms with Crippen molar-refractivity contribution in [1.82, 2.24) is 4.90 Å². The Morgan fingerprint density at radius 2 is 1.81 bits per heavy atom. The van der Waals surface area contributed by atoms with Crippen LogP contribution in [-0.4, -0.2) is 11.9 Å². The Balaban J connectivity index is 2.42. The molecule has 0 radical (unpaired) electrons. The second-order valence-electron chi connectivity index (χ2n) is 3.58. The van der Waals surface area contributed by atoms with Gasteiger partial charge in [-0.15, -0.1) is 0 Å². The number of allylic oxidation sites excluding steroid dienone is 3. The predicted molar refractivity (Wildman–Crippen MR) is 73.0 cm³/mol. The second-order valence-corrected chi connectivity index (χ2v) is 4.90. The molecule has 3 heteroatoms. The fraction of sp³-hybridized carbons (Fsp3) is 0.0769. The number of nitrogens with zero attached hydrogens (tertiary/aromatic N) is 1. The molecule has 0 aromatic heterocycles. The van der Waals surface area contributed by atoms with Gasteiger partial charge in [0.25, 0.3) is 0 Å². The lowest BCUT2D eigenvalue weighted by Crippen LogP contribution is -2.18. The van der Waals surface area contributed by atoms with Crippen molar-refractivity contribution in [1.29, 1.82) is 0 Å². The second kappa shape index (κ2) is 4.48. The highest BCUT2D eigenvalue weighted by Gasteiger charge is 2.15. The van der Waals surface area contributed by atoms with E-state index in [1.54, 1.807) is 0 Å². The van der Waals surface area contributed by atoms with Crippen molar-refractivity contribution in [2.45, 2.75) is 0 Å². The predicted octanol–water partition coefficient (Wildman–Crippen LogP) is 4.37. The highest BCUT2D eigenvalue weighted by Crippen LogP contribution is 2.31. The van der Waals surface area contributed by atoms with Crippen LogP contribution in [0, 0.1) is 0 Å². The molecule has 0 atom stereocenters. The number of rotatable bonds is 1. The van der Waals surface area contributed by atoms with E-state index < -0.39 is 0 Å². The summed E-state index contributed by atoms with van der Waals surface area (Å²) in [5.74, 6) is 0. The van der Waals surface area contributed by atoms with Gasteiger partial charge in [0.2, 0.25) is 0 Å². The van der Waals surface area contributed by atoms with Crippen LogP contribution in [0.4, 0.5) is 0 Å². The topological polar surface area (TPSA) is 3.24 Å². The first kappa shape index (κ1) is 11.5. The SMILES string of the molecule is C=C1C(Cl)=CC=C(c2ccc(Br)cc2)N1C. The van der Waals surface area contributed by atoms with Gasteiger partial charge in [0.15, 0.2) is 0 Å². The van der Waals surface area contributed by atoms with Gasteiger partial charge < -0.3 is 4.90 Å². The van der Waals surface area contributed by atoms with Crippen molar-refractivity contribution in [3.8, 4) is 0 Å². The third-order valence-corrected chi connectivity index (χ3v) is 3.44. The van der Waals surface area contributed by atoms with Crippen molar-refractivity contribution in [3.63, 3.8) is 0 Å². The van der Waals surface area contributed by atoms with E-state index in [0.29, 0.717) is 5.03 Å². The van der Waals surface area contributed by atoms with Gasteiger partial charge in [0, 0.05) is 17.2 Å². The third kappa shape index (κ3) is 2.08.